The number of aromatic nitrogens is 4. The molecule has 94 valence electrons. The lowest BCUT2D eigenvalue weighted by Crippen LogP contribution is -2.35. The van der Waals surface area contributed by atoms with Crippen LogP contribution in [-0.4, -0.2) is 9.73 Å². The first-order valence-electron chi connectivity index (χ1n) is 6.56. The van der Waals surface area contributed by atoms with Gasteiger partial charge in [0.25, 0.3) is 0 Å². The molecular formula is C16H10N4. The maximum atomic E-state index is 4.73. The molecule has 0 bridgehead atoms. The van der Waals surface area contributed by atoms with Crippen molar-refractivity contribution >= 4 is 32.8 Å². The molecule has 2 aromatic heterocycles. The topological polar surface area (TPSA) is 35.5 Å². The van der Waals surface area contributed by atoms with E-state index in [1.54, 1.807) is 0 Å². The number of hydrogen-bond acceptors (Lipinski definition) is 1. The van der Waals surface area contributed by atoms with Gasteiger partial charge in [0.2, 0.25) is 5.52 Å². The van der Waals surface area contributed by atoms with Crippen LogP contribution in [0.5, 0.6) is 0 Å². The monoisotopic (exact) mass is 258 g/mol. The van der Waals surface area contributed by atoms with E-state index < -0.39 is 0 Å². The Kier molecular flexibility index (Phi) is 1.68. The molecule has 0 fully saturated rings. The predicted molar refractivity (Wildman–Crippen MR) is 76.7 cm³/mol. The second-order valence-electron chi connectivity index (χ2n) is 4.92. The van der Waals surface area contributed by atoms with Gasteiger partial charge in [-0.3, -0.25) is 5.10 Å². The van der Waals surface area contributed by atoms with Gasteiger partial charge in [-0.2, -0.15) is 4.63 Å². The van der Waals surface area contributed by atoms with Crippen LogP contribution in [0.15, 0.2) is 60.7 Å². The van der Waals surface area contributed by atoms with Crippen molar-refractivity contribution in [3.63, 3.8) is 0 Å². The van der Waals surface area contributed by atoms with E-state index in [0.717, 1.165) is 27.5 Å². The highest BCUT2D eigenvalue weighted by molar-refractivity contribution is 6.06. The van der Waals surface area contributed by atoms with E-state index in [1.165, 1.54) is 5.39 Å². The van der Waals surface area contributed by atoms with Gasteiger partial charge < -0.3 is 0 Å². The Morgan fingerprint density at radius 3 is 2.70 bits per heavy atom. The van der Waals surface area contributed by atoms with Gasteiger partial charge in [0.1, 0.15) is 0 Å². The minimum Gasteiger partial charge on any atom is -0.270 e. The number of fused-ring (bicyclic) bond motifs is 4. The van der Waals surface area contributed by atoms with Gasteiger partial charge in [0.15, 0.2) is 5.52 Å². The molecule has 5 aromatic rings. The minimum absolute atomic E-state index is 0.945. The van der Waals surface area contributed by atoms with Crippen LogP contribution in [0.4, 0.5) is 0 Å². The summed E-state index contributed by atoms with van der Waals surface area (Å²) in [4.78, 5) is 0. The van der Waals surface area contributed by atoms with Gasteiger partial charge >= 0.3 is 0 Å². The Morgan fingerprint density at radius 1 is 0.900 bits per heavy atom. The maximum Gasteiger partial charge on any atom is 0.226 e. The Bertz CT molecular complexity index is 1100. The molecule has 0 spiro atoms. The fraction of sp³-hybridized carbons (Fsp3) is 0. The highest BCUT2D eigenvalue weighted by atomic mass is 15.6. The summed E-state index contributed by atoms with van der Waals surface area (Å²) >= 11 is 0. The zero-order valence-corrected chi connectivity index (χ0v) is 10.6. The lowest BCUT2D eigenvalue weighted by Gasteiger charge is -2.10. The van der Waals surface area contributed by atoms with Gasteiger partial charge in [-0.05, 0) is 28.0 Å². The fourth-order valence-electron chi connectivity index (χ4n) is 2.87. The van der Waals surface area contributed by atoms with Crippen LogP contribution in [0.1, 0.15) is 0 Å². The lowest BCUT2D eigenvalue weighted by molar-refractivity contribution is -0.659. The highest BCUT2D eigenvalue weighted by Gasteiger charge is 2.11. The van der Waals surface area contributed by atoms with Gasteiger partial charge in [0.05, 0.1) is 0 Å². The third-order valence-corrected chi connectivity index (χ3v) is 3.76. The van der Waals surface area contributed by atoms with Gasteiger partial charge in [-0.1, -0.05) is 48.5 Å². The van der Waals surface area contributed by atoms with Gasteiger partial charge in [0, 0.05) is 11.0 Å². The molecule has 0 atom stereocenters. The molecule has 0 radical (unpaired) electrons. The van der Waals surface area contributed by atoms with Crippen molar-refractivity contribution in [2.24, 2.45) is 0 Å². The normalized spacial score (nSPS) is 12.0. The molecule has 0 aliphatic carbocycles. The van der Waals surface area contributed by atoms with E-state index in [1.807, 2.05) is 45.7 Å². The first-order chi connectivity index (χ1) is 9.92. The highest BCUT2D eigenvalue weighted by Crippen LogP contribution is 2.23. The van der Waals surface area contributed by atoms with Crippen LogP contribution >= 0.6 is 0 Å². The van der Waals surface area contributed by atoms with Crippen LogP contribution < -0.4 is 9.73 Å². The molecule has 4 nitrogen and oxygen atoms in total. The number of nitrogens with zero attached hydrogens (tertiary/aromatic N) is 4. The summed E-state index contributed by atoms with van der Waals surface area (Å²) in [5.74, 6) is 0. The molecule has 0 N–H and O–H groups in total. The summed E-state index contributed by atoms with van der Waals surface area (Å²) in [7, 11) is 0. The second kappa shape index (κ2) is 3.36. The molecule has 0 aliphatic heterocycles. The molecule has 0 saturated carbocycles. The van der Waals surface area contributed by atoms with Crippen LogP contribution in [0, 0.1) is 0 Å². The average molecular weight is 258 g/mol. The van der Waals surface area contributed by atoms with Crippen molar-refractivity contribution < 1.29 is 4.63 Å². The second-order valence-corrected chi connectivity index (χ2v) is 4.92. The molecular weight excluding hydrogens is 248 g/mol. The SMILES string of the molecule is c1ccc2c(c1)nn1c3cccc4cccc([n-][n+]21)c43. The molecule has 0 unspecified atom stereocenters. The van der Waals surface area contributed by atoms with Crippen LogP contribution in [0.2, 0.25) is 0 Å². The number of benzene rings is 3. The summed E-state index contributed by atoms with van der Waals surface area (Å²) in [6, 6.07) is 20.5. The summed E-state index contributed by atoms with van der Waals surface area (Å²) in [6.45, 7) is 0. The van der Waals surface area contributed by atoms with Gasteiger partial charge in [-0.15, -0.1) is 4.63 Å². The zero-order chi connectivity index (χ0) is 13.1. The molecule has 0 aliphatic rings. The third kappa shape index (κ3) is 1.11. The van der Waals surface area contributed by atoms with Crippen molar-refractivity contribution in [2.45, 2.75) is 0 Å². The quantitative estimate of drug-likeness (QED) is 0.400. The van der Waals surface area contributed by atoms with E-state index >= 15 is 0 Å². The van der Waals surface area contributed by atoms with E-state index in [4.69, 9.17) is 5.10 Å². The first-order valence-corrected chi connectivity index (χ1v) is 6.56. The molecule has 0 amide bonds. The molecule has 0 saturated heterocycles. The molecule has 5 rings (SSSR count). The van der Waals surface area contributed by atoms with Crippen molar-refractivity contribution in [3.8, 4) is 0 Å². The van der Waals surface area contributed by atoms with E-state index in [9.17, 15) is 0 Å². The Hall–Kier alpha value is -2.88. The largest absolute Gasteiger partial charge is 0.270 e. The number of para-hydroxylation sites is 1. The molecule has 2 heterocycles. The average Bonchev–Trinajstić information content (AvgIpc) is 2.87. The standard InChI is InChI=1S/C16H10N4/c1-2-9-14-12(7-1)17-20-15-10-4-6-11-5-3-8-13(16(11)15)18-19(14)20/h1-10H. The van der Waals surface area contributed by atoms with Crippen molar-refractivity contribution in [1.29, 1.82) is 0 Å². The van der Waals surface area contributed by atoms with Crippen molar-refractivity contribution in [3.05, 3.63) is 60.7 Å². The third-order valence-electron chi connectivity index (χ3n) is 3.76. The molecule has 4 heteroatoms. The Labute approximate surface area is 113 Å². The zero-order valence-electron chi connectivity index (χ0n) is 10.6. The first kappa shape index (κ1) is 9.97. The summed E-state index contributed by atoms with van der Waals surface area (Å²) < 4.78 is 3.74. The maximum absolute atomic E-state index is 4.73. The predicted octanol–water partition coefficient (Wildman–Crippen LogP) is 2.34. The summed E-state index contributed by atoms with van der Waals surface area (Å²) in [5.41, 5.74) is 4.02. The fourth-order valence-corrected chi connectivity index (χ4v) is 2.87. The van der Waals surface area contributed by atoms with Crippen LogP contribution in [0.25, 0.3) is 32.8 Å². The van der Waals surface area contributed by atoms with Crippen LogP contribution in [-0.2, 0) is 0 Å². The number of rotatable bonds is 0. The Balaban J connectivity index is 2.20. The van der Waals surface area contributed by atoms with Crippen LogP contribution in [0.3, 0.4) is 0 Å². The van der Waals surface area contributed by atoms with Gasteiger partial charge in [-0.25, -0.2) is 0 Å². The van der Waals surface area contributed by atoms with Crippen molar-refractivity contribution in [1.82, 2.24) is 14.8 Å². The summed E-state index contributed by atoms with van der Waals surface area (Å²) in [6.07, 6.45) is 0. The molecule has 3 aromatic carbocycles. The minimum atomic E-state index is 0.945. The summed E-state index contributed by atoms with van der Waals surface area (Å²) in [5, 5.41) is 11.7. The van der Waals surface area contributed by atoms with E-state index in [-0.39, 0.29) is 0 Å². The van der Waals surface area contributed by atoms with E-state index in [2.05, 4.69) is 29.4 Å². The van der Waals surface area contributed by atoms with E-state index in [0.29, 0.717) is 0 Å². The number of hydrogen-bond donors (Lipinski definition) is 0. The molecule has 20 heavy (non-hydrogen) atoms. The Morgan fingerprint density at radius 2 is 1.75 bits per heavy atom. The smallest absolute Gasteiger partial charge is 0.226 e. The van der Waals surface area contributed by atoms with Crippen molar-refractivity contribution in [2.75, 3.05) is 0 Å². The lowest BCUT2D eigenvalue weighted by atomic mass is 10.1.